The molecule has 1 unspecified atom stereocenters. The van der Waals surface area contributed by atoms with E-state index in [0.29, 0.717) is 16.9 Å². The van der Waals surface area contributed by atoms with Gasteiger partial charge in [-0.1, -0.05) is 12.1 Å². The van der Waals surface area contributed by atoms with Gasteiger partial charge in [-0.05, 0) is 55.7 Å². The van der Waals surface area contributed by atoms with Gasteiger partial charge in [0.1, 0.15) is 17.8 Å². The fraction of sp³-hybridized carbons (Fsp3) is 0.515. The molecule has 0 aliphatic carbocycles. The van der Waals surface area contributed by atoms with Crippen LogP contribution in [0.15, 0.2) is 48.5 Å². The zero-order chi connectivity index (χ0) is 43.2. The normalized spacial score (nSPS) is 12.6. The summed E-state index contributed by atoms with van der Waals surface area (Å²) in [5.41, 5.74) is 1.27. The van der Waals surface area contributed by atoms with Crippen molar-refractivity contribution >= 4 is 34.3 Å². The number of ether oxygens (including phenoxy) is 5. The second-order valence-electron chi connectivity index (χ2n) is 10.5. The minimum absolute atomic E-state index is 0.127. The molecule has 320 valence electrons. The molecule has 1 saturated heterocycles. The van der Waals surface area contributed by atoms with Gasteiger partial charge >= 0.3 is 28.7 Å². The highest BCUT2D eigenvalue weighted by Crippen LogP contribution is 2.22. The first-order valence-electron chi connectivity index (χ1n) is 16.1. The topological polar surface area (TPSA) is 233 Å². The van der Waals surface area contributed by atoms with Crippen molar-refractivity contribution in [3.63, 3.8) is 0 Å². The highest BCUT2D eigenvalue weighted by atomic mass is 32.3. The molecule has 2 amide bonds. The Morgan fingerprint density at radius 2 is 1.27 bits per heavy atom. The first-order chi connectivity index (χ1) is 26.1. The Bertz CT molecular complexity index is 1480. The quantitative estimate of drug-likeness (QED) is 0.0559. The predicted octanol–water partition coefficient (Wildman–Crippen LogP) is 4.08. The van der Waals surface area contributed by atoms with E-state index in [0.717, 1.165) is 25.2 Å². The SMILES string of the molecule is C1CCOC1.COc1ccc(C(OCCNC(C)=O)OCCNC(=O)C(F)(F)F)cc1.COc1ccc(C=O)cc1.O=C(CCCO)C(F)(F)F.O=S(=O)(O)O. The number of ketones is 1. The van der Waals surface area contributed by atoms with Crippen LogP contribution in [0.5, 0.6) is 11.5 Å². The Labute approximate surface area is 319 Å². The minimum atomic E-state index is -4.94. The van der Waals surface area contributed by atoms with Crippen LogP contribution in [0.25, 0.3) is 0 Å². The van der Waals surface area contributed by atoms with Crippen LogP contribution in [0.1, 0.15) is 54.8 Å². The van der Waals surface area contributed by atoms with E-state index in [1.54, 1.807) is 61.0 Å². The van der Waals surface area contributed by atoms with Gasteiger partial charge in [-0.3, -0.25) is 28.3 Å². The lowest BCUT2D eigenvalue weighted by molar-refractivity contribution is -0.175. The molecule has 56 heavy (non-hydrogen) atoms. The van der Waals surface area contributed by atoms with E-state index in [1.807, 2.05) is 0 Å². The molecule has 0 aromatic heterocycles. The van der Waals surface area contributed by atoms with Gasteiger partial charge < -0.3 is 39.4 Å². The van der Waals surface area contributed by atoms with E-state index < -0.39 is 47.2 Å². The zero-order valence-corrected chi connectivity index (χ0v) is 31.4. The summed E-state index contributed by atoms with van der Waals surface area (Å²) in [6.07, 6.45) is -7.95. The van der Waals surface area contributed by atoms with E-state index in [-0.39, 0.29) is 45.2 Å². The predicted molar refractivity (Wildman–Crippen MR) is 185 cm³/mol. The number of rotatable bonds is 15. The number of halogens is 6. The van der Waals surface area contributed by atoms with Crippen LogP contribution in [0.4, 0.5) is 26.3 Å². The molecule has 0 bridgehead atoms. The molecule has 1 atom stereocenters. The van der Waals surface area contributed by atoms with Crippen LogP contribution in [0.3, 0.4) is 0 Å². The Balaban J connectivity index is 0. The molecule has 16 nitrogen and oxygen atoms in total. The van der Waals surface area contributed by atoms with Gasteiger partial charge in [0.05, 0.1) is 27.4 Å². The minimum Gasteiger partial charge on any atom is -0.497 e. The summed E-state index contributed by atoms with van der Waals surface area (Å²) in [4.78, 5) is 41.7. The average molecular weight is 841 g/mol. The van der Waals surface area contributed by atoms with Crippen molar-refractivity contribution in [2.24, 2.45) is 0 Å². The maximum Gasteiger partial charge on any atom is 0.471 e. The monoisotopic (exact) mass is 840 g/mol. The van der Waals surface area contributed by atoms with Crippen LogP contribution in [-0.2, 0) is 39.0 Å². The van der Waals surface area contributed by atoms with Crippen LogP contribution < -0.4 is 20.1 Å². The summed E-state index contributed by atoms with van der Waals surface area (Å²) < 4.78 is 128. The van der Waals surface area contributed by atoms with Gasteiger partial charge in [0, 0.05) is 57.4 Å². The average Bonchev–Trinajstić information content (AvgIpc) is 3.73. The molecule has 2 aromatic carbocycles. The molecule has 2 aromatic rings. The number of hydrogen-bond acceptors (Lipinski definition) is 12. The summed E-state index contributed by atoms with van der Waals surface area (Å²) in [6, 6.07) is 13.6. The summed E-state index contributed by atoms with van der Waals surface area (Å²) in [5, 5.41) is 12.3. The Morgan fingerprint density at radius 1 is 0.821 bits per heavy atom. The second kappa shape index (κ2) is 29.8. The number of aliphatic hydroxyl groups is 1. The molecule has 5 N–H and O–H groups in total. The third-order valence-corrected chi connectivity index (χ3v) is 6.00. The number of carbonyl (C=O) groups excluding carboxylic acids is 4. The number of benzene rings is 2. The number of Topliss-reactive ketones (excluding diaryl/α,β-unsaturated/α-hetero) is 1. The van der Waals surface area contributed by atoms with Crippen molar-refractivity contribution in [1.29, 1.82) is 0 Å². The second-order valence-corrected chi connectivity index (χ2v) is 11.4. The Kier molecular flexibility index (Phi) is 28.6. The zero-order valence-electron chi connectivity index (χ0n) is 30.6. The standard InChI is InChI=1S/C16H21F3N2O5.C8H8O2.C5H7F3O2.C4H8O.H2O4S/c1-11(22)20-7-9-25-14(12-3-5-13(24-2)6-4-12)26-10-8-21-15(23)16(17,18)19;1-10-8-4-2-7(6-9)3-5-8;6-5(7,8)4(10)2-1-3-9;1-2-4-5-3-1;1-5(2,3)4/h3-6,14H,7-10H2,1-2H3,(H,20,22)(H,21,23);2-6H,1H3;9H,1-3H2;1-4H2;(H2,1,2,3,4). The van der Waals surface area contributed by atoms with Crippen LogP contribution >= 0.6 is 0 Å². The fourth-order valence-electron chi connectivity index (χ4n) is 3.40. The Morgan fingerprint density at radius 3 is 1.61 bits per heavy atom. The molecule has 0 spiro atoms. The lowest BCUT2D eigenvalue weighted by atomic mass is 10.2. The van der Waals surface area contributed by atoms with Gasteiger partial charge in [-0.15, -0.1) is 0 Å². The van der Waals surface area contributed by atoms with Gasteiger partial charge in [0.25, 0.3) is 0 Å². The maximum atomic E-state index is 12.1. The fourth-order valence-corrected chi connectivity index (χ4v) is 3.40. The molecule has 1 fully saturated rings. The molecule has 1 aliphatic rings. The van der Waals surface area contributed by atoms with Gasteiger partial charge in [0.2, 0.25) is 11.7 Å². The van der Waals surface area contributed by atoms with E-state index in [2.05, 4.69) is 5.32 Å². The van der Waals surface area contributed by atoms with Gasteiger partial charge in [-0.25, -0.2) is 0 Å². The number of aldehydes is 1. The van der Waals surface area contributed by atoms with Crippen LogP contribution in [-0.4, -0.2) is 119 Å². The number of alkyl halides is 6. The van der Waals surface area contributed by atoms with Crippen molar-refractivity contribution in [2.75, 3.05) is 60.3 Å². The molecule has 0 radical (unpaired) electrons. The number of nitrogens with one attached hydrogen (secondary N) is 2. The molecule has 1 heterocycles. The molecule has 0 saturated carbocycles. The lowest BCUT2D eigenvalue weighted by Gasteiger charge is -2.20. The van der Waals surface area contributed by atoms with E-state index in [4.69, 9.17) is 46.3 Å². The van der Waals surface area contributed by atoms with Crippen LogP contribution in [0.2, 0.25) is 0 Å². The lowest BCUT2D eigenvalue weighted by Crippen LogP contribution is -2.38. The molecular weight excluding hydrogens is 794 g/mol. The van der Waals surface area contributed by atoms with Gasteiger partial charge in [-0.2, -0.15) is 34.8 Å². The molecule has 3 rings (SSSR count). The van der Waals surface area contributed by atoms with Crippen molar-refractivity contribution in [1.82, 2.24) is 10.6 Å². The number of hydrogen-bond donors (Lipinski definition) is 5. The summed E-state index contributed by atoms with van der Waals surface area (Å²) in [6.45, 7) is 2.82. The molecular formula is C33H46F6N2O14S. The largest absolute Gasteiger partial charge is 0.497 e. The number of amides is 2. The highest BCUT2D eigenvalue weighted by Gasteiger charge is 2.38. The van der Waals surface area contributed by atoms with Crippen LogP contribution in [0, 0.1) is 0 Å². The molecule has 23 heteroatoms. The molecule has 1 aliphatic heterocycles. The highest BCUT2D eigenvalue weighted by molar-refractivity contribution is 7.79. The smallest absolute Gasteiger partial charge is 0.471 e. The summed E-state index contributed by atoms with van der Waals surface area (Å²) >= 11 is 0. The Hall–Kier alpha value is -4.39. The third-order valence-electron chi connectivity index (χ3n) is 6.00. The van der Waals surface area contributed by atoms with Crippen molar-refractivity contribution in [3.8, 4) is 11.5 Å². The van der Waals surface area contributed by atoms with Crippen molar-refractivity contribution < 1.29 is 91.8 Å². The van der Waals surface area contributed by atoms with Crippen molar-refractivity contribution in [3.05, 3.63) is 59.7 Å². The van der Waals surface area contributed by atoms with Crippen molar-refractivity contribution in [2.45, 2.75) is 51.2 Å². The number of methoxy groups -OCH3 is 2. The van der Waals surface area contributed by atoms with Gasteiger partial charge in [0.15, 0.2) is 6.29 Å². The maximum absolute atomic E-state index is 12.1. The first-order valence-corrected chi connectivity index (χ1v) is 17.5. The first kappa shape index (κ1) is 53.7. The third kappa shape index (κ3) is 31.9. The number of carbonyl (C=O) groups is 4. The summed E-state index contributed by atoms with van der Waals surface area (Å²) in [7, 11) is -1.56. The van der Waals surface area contributed by atoms with E-state index in [1.165, 1.54) is 26.9 Å². The summed E-state index contributed by atoms with van der Waals surface area (Å²) in [5.74, 6) is -2.64. The number of aliphatic hydroxyl groups excluding tert-OH is 1. The van der Waals surface area contributed by atoms with E-state index >= 15 is 0 Å². The van der Waals surface area contributed by atoms with E-state index in [9.17, 15) is 45.5 Å².